The molecule has 0 atom stereocenters. The van der Waals surface area contributed by atoms with Crippen LogP contribution in [0.1, 0.15) is 21.5 Å². The van der Waals surface area contributed by atoms with Gasteiger partial charge < -0.3 is 9.64 Å². The molecule has 4 nitrogen and oxygen atoms in total. The van der Waals surface area contributed by atoms with Crippen LogP contribution in [0.15, 0.2) is 54.6 Å². The van der Waals surface area contributed by atoms with Crippen LogP contribution in [0.3, 0.4) is 0 Å². The van der Waals surface area contributed by atoms with Gasteiger partial charge in [0.25, 0.3) is 5.91 Å². The van der Waals surface area contributed by atoms with Gasteiger partial charge in [0.2, 0.25) is 0 Å². The number of hydrogen-bond donors (Lipinski definition) is 0. The zero-order valence-corrected chi connectivity index (χ0v) is 12.2. The number of carbonyl (C=O) groups excluding carboxylic acids is 2. The predicted octanol–water partition coefficient (Wildman–Crippen LogP) is 2.43. The number of carbonyl (C=O) groups is 2. The lowest BCUT2D eigenvalue weighted by atomic mass is 10.00. The van der Waals surface area contributed by atoms with Crippen molar-refractivity contribution in [1.29, 1.82) is 0 Å². The summed E-state index contributed by atoms with van der Waals surface area (Å²) in [4.78, 5) is 25.8. The number of ether oxygens (including phenoxy) is 1. The van der Waals surface area contributed by atoms with E-state index in [0.717, 1.165) is 12.0 Å². The van der Waals surface area contributed by atoms with Gasteiger partial charge in [0, 0.05) is 13.1 Å². The summed E-state index contributed by atoms with van der Waals surface area (Å²) in [5.74, 6) is -0.620. The second-order valence-electron chi connectivity index (χ2n) is 5.28. The van der Waals surface area contributed by atoms with Gasteiger partial charge in [-0.2, -0.15) is 0 Å². The molecule has 0 N–H and O–H groups in total. The van der Waals surface area contributed by atoms with E-state index in [1.54, 1.807) is 29.2 Å². The van der Waals surface area contributed by atoms with Crippen LogP contribution in [0, 0.1) is 0 Å². The Labute approximate surface area is 129 Å². The molecule has 1 aliphatic heterocycles. The van der Waals surface area contributed by atoms with E-state index in [-0.39, 0.29) is 12.5 Å². The van der Waals surface area contributed by atoms with E-state index in [4.69, 9.17) is 4.74 Å². The second-order valence-corrected chi connectivity index (χ2v) is 5.28. The molecule has 0 saturated carbocycles. The molecule has 1 heterocycles. The molecule has 0 bridgehead atoms. The molecule has 0 radical (unpaired) electrons. The topological polar surface area (TPSA) is 46.6 Å². The first kappa shape index (κ1) is 14.3. The average molecular weight is 295 g/mol. The maximum Gasteiger partial charge on any atom is 0.338 e. The molecule has 1 aliphatic rings. The molecule has 0 spiro atoms. The molecule has 0 saturated heterocycles. The summed E-state index contributed by atoms with van der Waals surface area (Å²) >= 11 is 0. The predicted molar refractivity (Wildman–Crippen MR) is 82.3 cm³/mol. The Morgan fingerprint density at radius 1 is 0.955 bits per heavy atom. The molecule has 1 amide bonds. The molecular weight excluding hydrogens is 278 g/mol. The number of amides is 1. The van der Waals surface area contributed by atoms with Gasteiger partial charge in [-0.3, -0.25) is 4.79 Å². The van der Waals surface area contributed by atoms with Gasteiger partial charge >= 0.3 is 5.97 Å². The van der Waals surface area contributed by atoms with Crippen molar-refractivity contribution >= 4 is 11.9 Å². The number of rotatable bonds is 3. The summed E-state index contributed by atoms with van der Waals surface area (Å²) in [6.07, 6.45) is 0.842. The minimum atomic E-state index is -0.466. The fraction of sp³-hybridized carbons (Fsp3) is 0.222. The van der Waals surface area contributed by atoms with E-state index < -0.39 is 5.97 Å². The van der Waals surface area contributed by atoms with Crippen molar-refractivity contribution in [2.24, 2.45) is 0 Å². The first-order chi connectivity index (χ1) is 10.7. The van der Waals surface area contributed by atoms with Gasteiger partial charge in [-0.05, 0) is 29.7 Å². The normalized spacial score (nSPS) is 13.4. The Morgan fingerprint density at radius 2 is 1.64 bits per heavy atom. The first-order valence-corrected chi connectivity index (χ1v) is 7.31. The zero-order chi connectivity index (χ0) is 15.4. The highest BCUT2D eigenvalue weighted by molar-refractivity contribution is 5.91. The lowest BCUT2D eigenvalue weighted by Gasteiger charge is -2.28. The van der Waals surface area contributed by atoms with Crippen LogP contribution in [0.2, 0.25) is 0 Å². The van der Waals surface area contributed by atoms with Crippen molar-refractivity contribution in [2.75, 3.05) is 13.2 Å². The van der Waals surface area contributed by atoms with Crippen molar-refractivity contribution in [2.45, 2.75) is 13.0 Å². The maximum atomic E-state index is 12.2. The van der Waals surface area contributed by atoms with Crippen molar-refractivity contribution in [3.05, 3.63) is 71.3 Å². The molecule has 0 aliphatic carbocycles. The molecule has 2 aromatic carbocycles. The maximum absolute atomic E-state index is 12.2. The minimum absolute atomic E-state index is 0.154. The number of benzene rings is 2. The molecule has 112 valence electrons. The van der Waals surface area contributed by atoms with E-state index in [2.05, 4.69) is 6.07 Å². The molecule has 0 fully saturated rings. The number of fused-ring (bicyclic) bond motifs is 1. The Kier molecular flexibility index (Phi) is 4.19. The van der Waals surface area contributed by atoms with Gasteiger partial charge in [0.1, 0.15) is 0 Å². The summed E-state index contributed by atoms with van der Waals surface area (Å²) in [5, 5.41) is 0. The highest BCUT2D eigenvalue weighted by atomic mass is 16.5. The van der Waals surface area contributed by atoms with E-state index in [1.807, 2.05) is 24.3 Å². The molecule has 4 heteroatoms. The molecule has 0 aromatic heterocycles. The van der Waals surface area contributed by atoms with Crippen LogP contribution in [0.5, 0.6) is 0 Å². The molecule has 22 heavy (non-hydrogen) atoms. The Bertz CT molecular complexity index is 682. The summed E-state index contributed by atoms with van der Waals surface area (Å²) in [6.45, 7) is 1.03. The van der Waals surface area contributed by atoms with E-state index >= 15 is 0 Å². The van der Waals surface area contributed by atoms with Crippen LogP contribution >= 0.6 is 0 Å². The second kappa shape index (κ2) is 6.43. The third kappa shape index (κ3) is 3.17. The van der Waals surface area contributed by atoms with Crippen LogP contribution in [0.25, 0.3) is 0 Å². The van der Waals surface area contributed by atoms with Crippen molar-refractivity contribution < 1.29 is 14.3 Å². The summed E-state index contributed by atoms with van der Waals surface area (Å²) < 4.78 is 5.10. The number of esters is 1. The Balaban J connectivity index is 1.56. The Morgan fingerprint density at radius 3 is 2.41 bits per heavy atom. The fourth-order valence-corrected chi connectivity index (χ4v) is 2.58. The lowest BCUT2D eigenvalue weighted by molar-refractivity contribution is -0.135. The number of nitrogens with zero attached hydrogens (tertiary/aromatic N) is 1. The van der Waals surface area contributed by atoms with E-state index in [1.165, 1.54) is 5.56 Å². The average Bonchev–Trinajstić information content (AvgIpc) is 2.59. The van der Waals surface area contributed by atoms with Gasteiger partial charge in [-0.25, -0.2) is 4.79 Å². The fourth-order valence-electron chi connectivity index (χ4n) is 2.58. The third-order valence-electron chi connectivity index (χ3n) is 3.82. The minimum Gasteiger partial charge on any atom is -0.452 e. The quantitative estimate of drug-likeness (QED) is 0.817. The first-order valence-electron chi connectivity index (χ1n) is 7.31. The smallest absolute Gasteiger partial charge is 0.338 e. The largest absolute Gasteiger partial charge is 0.452 e. The molecular formula is C18H17NO3. The zero-order valence-electron chi connectivity index (χ0n) is 12.2. The monoisotopic (exact) mass is 295 g/mol. The van der Waals surface area contributed by atoms with Crippen molar-refractivity contribution in [1.82, 2.24) is 4.90 Å². The van der Waals surface area contributed by atoms with Crippen molar-refractivity contribution in [3.63, 3.8) is 0 Å². The molecule has 3 rings (SSSR count). The standard InChI is InChI=1S/C18H17NO3/c20-17(13-22-18(21)15-7-2-1-3-8-15)19-11-10-14-6-4-5-9-16(14)12-19/h1-9H,10-13H2. The van der Waals surface area contributed by atoms with Crippen LogP contribution < -0.4 is 0 Å². The van der Waals surface area contributed by atoms with Gasteiger partial charge in [-0.1, -0.05) is 42.5 Å². The van der Waals surface area contributed by atoms with Crippen LogP contribution in [0.4, 0.5) is 0 Å². The van der Waals surface area contributed by atoms with E-state index in [9.17, 15) is 9.59 Å². The van der Waals surface area contributed by atoms with Gasteiger partial charge in [0.05, 0.1) is 5.56 Å². The molecule has 2 aromatic rings. The Hall–Kier alpha value is -2.62. The van der Waals surface area contributed by atoms with Crippen LogP contribution in [-0.2, 0) is 22.5 Å². The summed E-state index contributed by atoms with van der Waals surface area (Å²) in [6, 6.07) is 16.8. The van der Waals surface area contributed by atoms with Crippen LogP contribution in [-0.4, -0.2) is 29.9 Å². The van der Waals surface area contributed by atoms with Gasteiger partial charge in [0.15, 0.2) is 6.61 Å². The van der Waals surface area contributed by atoms with Gasteiger partial charge in [-0.15, -0.1) is 0 Å². The summed E-state index contributed by atoms with van der Waals surface area (Å²) in [7, 11) is 0. The third-order valence-corrected chi connectivity index (χ3v) is 3.82. The highest BCUT2D eigenvalue weighted by Gasteiger charge is 2.21. The SMILES string of the molecule is O=C(OCC(=O)N1CCc2ccccc2C1)c1ccccc1. The van der Waals surface area contributed by atoms with E-state index in [0.29, 0.717) is 18.7 Å². The molecule has 0 unspecified atom stereocenters. The highest BCUT2D eigenvalue weighted by Crippen LogP contribution is 2.18. The van der Waals surface area contributed by atoms with Crippen molar-refractivity contribution in [3.8, 4) is 0 Å². The number of hydrogen-bond acceptors (Lipinski definition) is 3. The lowest BCUT2D eigenvalue weighted by Crippen LogP contribution is -2.38. The summed E-state index contributed by atoms with van der Waals surface area (Å²) in [5.41, 5.74) is 2.91.